The van der Waals surface area contributed by atoms with Gasteiger partial charge in [-0.2, -0.15) is 0 Å². The number of benzene rings is 2. The number of rotatable bonds is 5. The van der Waals surface area contributed by atoms with Crippen molar-refractivity contribution in [3.05, 3.63) is 71.8 Å². The van der Waals surface area contributed by atoms with Gasteiger partial charge in [0.25, 0.3) is 0 Å². The molecular weight excluding hydrogens is 292 g/mol. The van der Waals surface area contributed by atoms with Crippen molar-refractivity contribution in [1.29, 1.82) is 0 Å². The van der Waals surface area contributed by atoms with Crippen LogP contribution >= 0.6 is 12.4 Å². The van der Waals surface area contributed by atoms with Crippen molar-refractivity contribution in [3.63, 3.8) is 0 Å². The van der Waals surface area contributed by atoms with Gasteiger partial charge in [0.2, 0.25) is 0 Å². The molecule has 0 spiro atoms. The van der Waals surface area contributed by atoms with Crippen LogP contribution in [0.15, 0.2) is 60.7 Å². The van der Waals surface area contributed by atoms with Crippen LogP contribution in [0.5, 0.6) is 0 Å². The van der Waals surface area contributed by atoms with Crippen molar-refractivity contribution >= 4 is 12.4 Å². The lowest BCUT2D eigenvalue weighted by Crippen LogP contribution is -2.20. The van der Waals surface area contributed by atoms with Gasteiger partial charge in [0.05, 0.1) is 12.7 Å². The van der Waals surface area contributed by atoms with E-state index in [0.717, 1.165) is 6.61 Å². The summed E-state index contributed by atoms with van der Waals surface area (Å²) >= 11 is 0. The second kappa shape index (κ2) is 8.97. The fourth-order valence-electron chi connectivity index (χ4n) is 3.22. The van der Waals surface area contributed by atoms with Crippen molar-refractivity contribution in [3.8, 4) is 0 Å². The summed E-state index contributed by atoms with van der Waals surface area (Å²) in [6, 6.07) is 21.5. The topological polar surface area (TPSA) is 9.23 Å². The van der Waals surface area contributed by atoms with Crippen LogP contribution in [0.1, 0.15) is 49.1 Å². The molecule has 1 aliphatic rings. The normalized spacial score (nSPS) is 15.5. The van der Waals surface area contributed by atoms with Crippen LogP contribution < -0.4 is 0 Å². The third-order valence-electron chi connectivity index (χ3n) is 4.45. The molecule has 0 amide bonds. The minimum absolute atomic E-state index is 0. The SMILES string of the molecule is Cl.c1ccc(C(COC2CCCCC2)c2ccccc2)cc1. The van der Waals surface area contributed by atoms with Gasteiger partial charge < -0.3 is 4.74 Å². The number of hydrogen-bond donors (Lipinski definition) is 0. The maximum atomic E-state index is 6.25. The van der Waals surface area contributed by atoms with Gasteiger partial charge in [0.15, 0.2) is 0 Å². The van der Waals surface area contributed by atoms with E-state index in [1.165, 1.54) is 43.2 Å². The van der Waals surface area contributed by atoms with Gasteiger partial charge in [0.1, 0.15) is 0 Å². The van der Waals surface area contributed by atoms with Gasteiger partial charge in [-0.3, -0.25) is 0 Å². The molecule has 0 aromatic heterocycles. The first kappa shape index (κ1) is 17.1. The molecule has 0 unspecified atom stereocenters. The zero-order chi connectivity index (χ0) is 14.3. The molecule has 2 heteroatoms. The molecule has 0 bridgehead atoms. The zero-order valence-corrected chi connectivity index (χ0v) is 13.8. The molecule has 1 fully saturated rings. The highest BCUT2D eigenvalue weighted by Gasteiger charge is 2.18. The second-order valence-corrected chi connectivity index (χ2v) is 5.97. The third kappa shape index (κ3) is 4.59. The Balaban J connectivity index is 0.00000176. The molecule has 118 valence electrons. The van der Waals surface area contributed by atoms with Crippen molar-refractivity contribution in [2.75, 3.05) is 6.61 Å². The molecule has 2 aromatic carbocycles. The molecule has 0 radical (unpaired) electrons. The summed E-state index contributed by atoms with van der Waals surface area (Å²) in [4.78, 5) is 0. The predicted octanol–water partition coefficient (Wildman–Crippen LogP) is 5.59. The minimum atomic E-state index is 0. The summed E-state index contributed by atoms with van der Waals surface area (Å²) < 4.78 is 6.25. The molecule has 3 rings (SSSR count). The Kier molecular flexibility index (Phi) is 6.95. The minimum Gasteiger partial charge on any atom is -0.377 e. The predicted molar refractivity (Wildman–Crippen MR) is 94.8 cm³/mol. The van der Waals surface area contributed by atoms with E-state index in [4.69, 9.17) is 4.74 Å². The molecule has 1 nitrogen and oxygen atoms in total. The van der Waals surface area contributed by atoms with E-state index in [1.54, 1.807) is 0 Å². The largest absolute Gasteiger partial charge is 0.377 e. The van der Waals surface area contributed by atoms with E-state index >= 15 is 0 Å². The molecule has 0 atom stereocenters. The third-order valence-corrected chi connectivity index (χ3v) is 4.45. The molecule has 1 saturated carbocycles. The van der Waals surface area contributed by atoms with Gasteiger partial charge >= 0.3 is 0 Å². The van der Waals surface area contributed by atoms with E-state index in [0.29, 0.717) is 12.0 Å². The summed E-state index contributed by atoms with van der Waals surface area (Å²) in [5.41, 5.74) is 2.69. The summed E-state index contributed by atoms with van der Waals surface area (Å²) in [5.74, 6) is 0.342. The highest BCUT2D eigenvalue weighted by molar-refractivity contribution is 5.85. The van der Waals surface area contributed by atoms with Crippen LogP contribution in [0, 0.1) is 0 Å². The van der Waals surface area contributed by atoms with Crippen molar-refractivity contribution < 1.29 is 4.74 Å². The number of hydrogen-bond acceptors (Lipinski definition) is 1. The molecule has 0 aliphatic heterocycles. The standard InChI is InChI=1S/C20H24O.ClH/c1-4-10-17(11-5-1)20(18-12-6-2-7-13-18)16-21-19-14-8-3-9-15-19;/h1-2,4-7,10-13,19-20H,3,8-9,14-16H2;1H. The highest BCUT2D eigenvalue weighted by atomic mass is 35.5. The summed E-state index contributed by atoms with van der Waals surface area (Å²) in [7, 11) is 0. The highest BCUT2D eigenvalue weighted by Crippen LogP contribution is 2.27. The summed E-state index contributed by atoms with van der Waals surface area (Å²) in [6.07, 6.45) is 6.96. The van der Waals surface area contributed by atoms with Gasteiger partial charge in [-0.05, 0) is 24.0 Å². The lowest BCUT2D eigenvalue weighted by Gasteiger charge is -2.25. The first-order chi connectivity index (χ1) is 10.4. The van der Waals surface area contributed by atoms with Crippen LogP contribution in [-0.2, 0) is 4.74 Å². The van der Waals surface area contributed by atoms with Crippen LogP contribution in [0.25, 0.3) is 0 Å². The number of halogens is 1. The molecule has 22 heavy (non-hydrogen) atoms. The quantitative estimate of drug-likeness (QED) is 0.698. The molecule has 1 aliphatic carbocycles. The molecule has 0 N–H and O–H groups in total. The Bertz CT molecular complexity index is 480. The fourth-order valence-corrected chi connectivity index (χ4v) is 3.22. The average molecular weight is 317 g/mol. The van der Waals surface area contributed by atoms with Crippen LogP contribution in [0.3, 0.4) is 0 Å². The smallest absolute Gasteiger partial charge is 0.0579 e. The van der Waals surface area contributed by atoms with E-state index in [2.05, 4.69) is 60.7 Å². The summed E-state index contributed by atoms with van der Waals surface area (Å²) in [6.45, 7) is 0.790. The zero-order valence-electron chi connectivity index (χ0n) is 13.0. The number of ether oxygens (including phenoxy) is 1. The lowest BCUT2D eigenvalue weighted by molar-refractivity contribution is 0.0244. The van der Waals surface area contributed by atoms with Crippen molar-refractivity contribution in [1.82, 2.24) is 0 Å². The van der Waals surface area contributed by atoms with Gasteiger partial charge in [0, 0.05) is 5.92 Å². The Morgan fingerprint density at radius 1 is 0.773 bits per heavy atom. The van der Waals surface area contributed by atoms with Gasteiger partial charge in [-0.25, -0.2) is 0 Å². The fraction of sp³-hybridized carbons (Fsp3) is 0.400. The molecule has 0 heterocycles. The first-order valence-electron chi connectivity index (χ1n) is 8.15. The Hall–Kier alpha value is -1.31. The van der Waals surface area contributed by atoms with E-state index < -0.39 is 0 Å². The van der Waals surface area contributed by atoms with E-state index in [-0.39, 0.29) is 12.4 Å². The Morgan fingerprint density at radius 3 is 1.77 bits per heavy atom. The van der Waals surface area contributed by atoms with E-state index in [1.807, 2.05) is 0 Å². The van der Waals surface area contributed by atoms with Crippen LogP contribution in [-0.4, -0.2) is 12.7 Å². The average Bonchev–Trinajstić information content (AvgIpc) is 2.58. The summed E-state index contributed by atoms with van der Waals surface area (Å²) in [5, 5.41) is 0. The second-order valence-electron chi connectivity index (χ2n) is 5.97. The first-order valence-corrected chi connectivity index (χ1v) is 8.15. The van der Waals surface area contributed by atoms with Crippen molar-refractivity contribution in [2.45, 2.75) is 44.1 Å². The maximum Gasteiger partial charge on any atom is 0.0579 e. The maximum absolute atomic E-state index is 6.25. The van der Waals surface area contributed by atoms with Gasteiger partial charge in [-0.1, -0.05) is 79.9 Å². The molecule has 0 saturated heterocycles. The molecular formula is C20H25ClO. The van der Waals surface area contributed by atoms with E-state index in [9.17, 15) is 0 Å². The van der Waals surface area contributed by atoms with Crippen molar-refractivity contribution in [2.24, 2.45) is 0 Å². The Labute approximate surface area is 140 Å². The lowest BCUT2D eigenvalue weighted by atomic mass is 9.91. The van der Waals surface area contributed by atoms with Crippen LogP contribution in [0.4, 0.5) is 0 Å². The Morgan fingerprint density at radius 2 is 1.27 bits per heavy atom. The van der Waals surface area contributed by atoms with Gasteiger partial charge in [-0.15, -0.1) is 12.4 Å². The van der Waals surface area contributed by atoms with Crippen LogP contribution in [0.2, 0.25) is 0 Å². The monoisotopic (exact) mass is 316 g/mol. The molecule has 2 aromatic rings.